The summed E-state index contributed by atoms with van der Waals surface area (Å²) in [4.78, 5) is 14.0. The molecule has 1 aliphatic heterocycles. The van der Waals surface area contributed by atoms with Gasteiger partial charge in [0.25, 0.3) is 5.91 Å². The minimum absolute atomic E-state index is 0.150. The number of carbonyl (C=O) groups is 1. The second-order valence-electron chi connectivity index (χ2n) is 5.62. The van der Waals surface area contributed by atoms with Crippen LogP contribution in [0.3, 0.4) is 0 Å². The van der Waals surface area contributed by atoms with E-state index in [4.69, 9.17) is 10.6 Å². The molecule has 2 unspecified atom stereocenters. The molecule has 2 heterocycles. The summed E-state index contributed by atoms with van der Waals surface area (Å²) in [5.41, 5.74) is 3.55. The van der Waals surface area contributed by atoms with Crippen LogP contribution in [-0.2, 0) is 16.1 Å². The van der Waals surface area contributed by atoms with Crippen LogP contribution in [0.1, 0.15) is 31.2 Å². The molecule has 2 aliphatic rings. The molecule has 0 spiro atoms. The quantitative estimate of drug-likeness (QED) is 0.471. The number of hydrogen-bond acceptors (Lipinski definition) is 5. The number of amides is 1. The fourth-order valence-corrected chi connectivity index (χ4v) is 3.45. The molecule has 3 N–H and O–H groups in total. The first kappa shape index (κ1) is 14.0. The molecule has 2 atom stereocenters. The molecule has 1 saturated heterocycles. The lowest BCUT2D eigenvalue weighted by molar-refractivity contribution is -0.132. The van der Waals surface area contributed by atoms with Crippen molar-refractivity contribution in [1.29, 1.82) is 0 Å². The average Bonchev–Trinajstić information content (AvgIpc) is 2.99. The largest absolute Gasteiger partial charge is 0.364 e. The van der Waals surface area contributed by atoms with Crippen LogP contribution in [0.15, 0.2) is 16.8 Å². The number of thiophene rings is 1. The number of nitrogens with zero attached hydrogens (tertiary/aromatic N) is 1. The van der Waals surface area contributed by atoms with E-state index in [2.05, 4.69) is 27.2 Å². The van der Waals surface area contributed by atoms with Gasteiger partial charge in [-0.25, -0.2) is 5.84 Å². The zero-order valence-electron chi connectivity index (χ0n) is 11.5. The van der Waals surface area contributed by atoms with E-state index >= 15 is 0 Å². The summed E-state index contributed by atoms with van der Waals surface area (Å²) in [7, 11) is 0. The van der Waals surface area contributed by atoms with Crippen LogP contribution in [0.25, 0.3) is 0 Å². The number of ether oxygens (including phenoxy) is 1. The molecular formula is C14H21N3O2S. The van der Waals surface area contributed by atoms with Crippen molar-refractivity contribution in [1.82, 2.24) is 10.3 Å². The van der Waals surface area contributed by atoms with Crippen LogP contribution in [0.4, 0.5) is 0 Å². The van der Waals surface area contributed by atoms with Crippen molar-refractivity contribution in [3.05, 3.63) is 22.4 Å². The first-order valence-corrected chi connectivity index (χ1v) is 8.11. The van der Waals surface area contributed by atoms with Gasteiger partial charge in [0.1, 0.15) is 6.10 Å². The number of nitrogens with two attached hydrogens (primary N) is 1. The van der Waals surface area contributed by atoms with Crippen molar-refractivity contribution in [2.45, 2.75) is 50.5 Å². The lowest BCUT2D eigenvalue weighted by atomic mass is 10.1. The lowest BCUT2D eigenvalue weighted by Crippen LogP contribution is -2.40. The van der Waals surface area contributed by atoms with Crippen molar-refractivity contribution in [2.75, 3.05) is 6.54 Å². The average molecular weight is 295 g/mol. The van der Waals surface area contributed by atoms with E-state index in [1.807, 2.05) is 0 Å². The molecule has 0 aromatic carbocycles. The zero-order chi connectivity index (χ0) is 13.9. The Morgan fingerprint density at radius 3 is 2.95 bits per heavy atom. The molecule has 1 aliphatic carbocycles. The minimum Gasteiger partial charge on any atom is -0.364 e. The number of rotatable bonds is 6. The predicted molar refractivity (Wildman–Crippen MR) is 78.0 cm³/mol. The minimum atomic E-state index is -0.368. The van der Waals surface area contributed by atoms with Gasteiger partial charge < -0.3 is 4.74 Å². The second-order valence-corrected chi connectivity index (χ2v) is 6.40. The van der Waals surface area contributed by atoms with Gasteiger partial charge in [-0.05, 0) is 48.1 Å². The Kier molecular flexibility index (Phi) is 4.35. The van der Waals surface area contributed by atoms with E-state index in [1.165, 1.54) is 18.4 Å². The molecule has 1 amide bonds. The maximum atomic E-state index is 11.5. The maximum absolute atomic E-state index is 11.5. The summed E-state index contributed by atoms with van der Waals surface area (Å²) in [6.07, 6.45) is 4.05. The third kappa shape index (κ3) is 3.38. The van der Waals surface area contributed by atoms with Crippen molar-refractivity contribution in [3.63, 3.8) is 0 Å². The molecule has 6 heteroatoms. The Bertz CT molecular complexity index is 447. The van der Waals surface area contributed by atoms with Gasteiger partial charge >= 0.3 is 0 Å². The second kappa shape index (κ2) is 6.22. The third-order valence-electron chi connectivity index (χ3n) is 4.01. The van der Waals surface area contributed by atoms with Gasteiger partial charge in [0.15, 0.2) is 0 Å². The molecule has 5 nitrogen and oxygen atoms in total. The topological polar surface area (TPSA) is 67.6 Å². The van der Waals surface area contributed by atoms with Crippen molar-refractivity contribution < 1.29 is 9.53 Å². The maximum Gasteiger partial charge on any atom is 0.263 e. The van der Waals surface area contributed by atoms with Crippen LogP contribution in [0.2, 0.25) is 0 Å². The highest BCUT2D eigenvalue weighted by atomic mass is 32.1. The molecule has 1 aromatic heterocycles. The van der Waals surface area contributed by atoms with E-state index in [0.717, 1.165) is 25.9 Å². The number of hydrazine groups is 1. The van der Waals surface area contributed by atoms with E-state index in [1.54, 1.807) is 11.3 Å². The number of hydrogen-bond donors (Lipinski definition) is 2. The fourth-order valence-electron chi connectivity index (χ4n) is 2.79. The normalized spacial score (nSPS) is 26.1. The summed E-state index contributed by atoms with van der Waals surface area (Å²) in [5.74, 6) is 4.95. The molecule has 0 bridgehead atoms. The Hall–Kier alpha value is -0.950. The first-order valence-electron chi connectivity index (χ1n) is 7.17. The van der Waals surface area contributed by atoms with E-state index < -0.39 is 0 Å². The van der Waals surface area contributed by atoms with Gasteiger partial charge in [0, 0.05) is 19.1 Å². The van der Waals surface area contributed by atoms with Crippen LogP contribution >= 0.6 is 11.3 Å². The highest BCUT2D eigenvalue weighted by molar-refractivity contribution is 7.07. The van der Waals surface area contributed by atoms with Gasteiger partial charge in [-0.15, -0.1) is 0 Å². The van der Waals surface area contributed by atoms with E-state index in [0.29, 0.717) is 6.04 Å². The third-order valence-corrected chi connectivity index (χ3v) is 4.74. The van der Waals surface area contributed by atoms with Crippen molar-refractivity contribution in [3.8, 4) is 0 Å². The zero-order valence-corrected chi connectivity index (χ0v) is 12.3. The Balaban J connectivity index is 1.54. The summed E-state index contributed by atoms with van der Waals surface area (Å²) < 4.78 is 5.81. The SMILES string of the molecule is NNC(=O)C1CCC(CN(Cc2ccsc2)C2CC2)O1. The van der Waals surface area contributed by atoms with Gasteiger partial charge in [0.2, 0.25) is 0 Å². The standard InChI is InChI=1S/C14H21N3O2S/c15-16-14(18)13-4-3-12(19-13)8-17(11-1-2-11)7-10-5-6-20-9-10/h5-6,9,11-13H,1-4,7-8,15H2,(H,16,18). The van der Waals surface area contributed by atoms with E-state index in [-0.39, 0.29) is 18.1 Å². The molecule has 20 heavy (non-hydrogen) atoms. The van der Waals surface area contributed by atoms with Crippen molar-refractivity contribution in [2.24, 2.45) is 5.84 Å². The first-order chi connectivity index (χ1) is 9.76. The smallest absolute Gasteiger partial charge is 0.263 e. The Morgan fingerprint density at radius 1 is 1.45 bits per heavy atom. The summed E-state index contributed by atoms with van der Waals surface area (Å²) in [6.45, 7) is 1.90. The molecular weight excluding hydrogens is 274 g/mol. The van der Waals surface area contributed by atoms with Gasteiger partial charge in [-0.2, -0.15) is 11.3 Å². The lowest BCUT2D eigenvalue weighted by Gasteiger charge is -2.25. The van der Waals surface area contributed by atoms with Crippen LogP contribution < -0.4 is 11.3 Å². The van der Waals surface area contributed by atoms with Crippen LogP contribution in [-0.4, -0.2) is 35.6 Å². The highest BCUT2D eigenvalue weighted by Crippen LogP contribution is 2.31. The highest BCUT2D eigenvalue weighted by Gasteiger charge is 2.35. The molecule has 2 fully saturated rings. The molecule has 0 radical (unpaired) electrons. The monoisotopic (exact) mass is 295 g/mol. The summed E-state index contributed by atoms with van der Waals surface area (Å²) in [6, 6.07) is 2.88. The predicted octanol–water partition coefficient (Wildman–Crippen LogP) is 1.25. The number of carbonyl (C=O) groups excluding carboxylic acids is 1. The van der Waals surface area contributed by atoms with E-state index in [9.17, 15) is 4.79 Å². The van der Waals surface area contributed by atoms with Gasteiger partial charge in [-0.3, -0.25) is 15.1 Å². The number of nitrogens with one attached hydrogen (secondary N) is 1. The Morgan fingerprint density at radius 2 is 2.30 bits per heavy atom. The fraction of sp³-hybridized carbons (Fsp3) is 0.643. The van der Waals surface area contributed by atoms with Crippen LogP contribution in [0, 0.1) is 0 Å². The van der Waals surface area contributed by atoms with Crippen molar-refractivity contribution >= 4 is 17.2 Å². The molecule has 3 rings (SSSR count). The molecule has 1 aromatic rings. The van der Waals surface area contributed by atoms with Crippen LogP contribution in [0.5, 0.6) is 0 Å². The van der Waals surface area contributed by atoms with Gasteiger partial charge in [-0.1, -0.05) is 0 Å². The molecule has 110 valence electrons. The van der Waals surface area contributed by atoms with Gasteiger partial charge in [0.05, 0.1) is 6.10 Å². The molecule has 1 saturated carbocycles. The summed E-state index contributed by atoms with van der Waals surface area (Å²) >= 11 is 1.74. The Labute approximate surface area is 123 Å². The summed E-state index contributed by atoms with van der Waals surface area (Å²) in [5, 5.41) is 4.32.